The molecular weight excluding hydrogens is 340 g/mol. The minimum absolute atomic E-state index is 0.0610. The molecule has 1 heterocycles. The Kier molecular flexibility index (Phi) is 5.54. The summed E-state index contributed by atoms with van der Waals surface area (Å²) in [7, 11) is 0. The second kappa shape index (κ2) is 7.60. The molecule has 0 unspecified atom stereocenters. The van der Waals surface area contributed by atoms with E-state index in [-0.39, 0.29) is 22.3 Å². The number of rotatable bonds is 6. The van der Waals surface area contributed by atoms with Gasteiger partial charge in [0.2, 0.25) is 0 Å². The molecule has 1 atom stereocenters. The van der Waals surface area contributed by atoms with Gasteiger partial charge in [-0.05, 0) is 25.1 Å². The summed E-state index contributed by atoms with van der Waals surface area (Å²) in [4.78, 5) is 33.6. The van der Waals surface area contributed by atoms with E-state index in [1.54, 1.807) is 19.1 Å². The molecule has 1 amide bonds. The van der Waals surface area contributed by atoms with Crippen molar-refractivity contribution >= 4 is 29.2 Å². The Morgan fingerprint density at radius 2 is 2.17 bits per heavy atom. The molecule has 0 bridgehead atoms. The van der Waals surface area contributed by atoms with Crippen LogP contribution in [0.3, 0.4) is 0 Å². The number of hydrogen-bond donors (Lipinski definition) is 1. The highest BCUT2D eigenvalue weighted by molar-refractivity contribution is 6.33. The van der Waals surface area contributed by atoms with Gasteiger partial charge >= 0.3 is 5.97 Å². The minimum atomic E-state index is -0.851. The zero-order chi connectivity index (χ0) is 17.7. The smallest absolute Gasteiger partial charge is 0.340 e. The SMILES string of the molecule is C[C@H](NC(=O)COC(=O)c1ccc([N+](=O)[O-])cc1Cl)c1ccco1. The second-order valence-electron chi connectivity index (χ2n) is 4.80. The van der Waals surface area contributed by atoms with Gasteiger partial charge in [-0.25, -0.2) is 4.79 Å². The monoisotopic (exact) mass is 352 g/mol. The predicted molar refractivity (Wildman–Crippen MR) is 83.7 cm³/mol. The van der Waals surface area contributed by atoms with E-state index < -0.39 is 23.4 Å². The summed E-state index contributed by atoms with van der Waals surface area (Å²) < 4.78 is 10.00. The van der Waals surface area contributed by atoms with Crippen molar-refractivity contribution in [3.8, 4) is 0 Å². The number of benzene rings is 1. The zero-order valence-corrected chi connectivity index (χ0v) is 13.3. The molecule has 0 fully saturated rings. The minimum Gasteiger partial charge on any atom is -0.467 e. The summed E-state index contributed by atoms with van der Waals surface area (Å²) in [6, 6.07) is 6.35. The highest BCUT2D eigenvalue weighted by atomic mass is 35.5. The number of nitro benzene ring substituents is 1. The van der Waals surface area contributed by atoms with Crippen LogP contribution in [0, 0.1) is 10.1 Å². The van der Waals surface area contributed by atoms with Crippen LogP contribution in [0.1, 0.15) is 29.1 Å². The molecule has 0 saturated carbocycles. The summed E-state index contributed by atoms with van der Waals surface area (Å²) in [5.74, 6) is -0.811. The zero-order valence-electron chi connectivity index (χ0n) is 12.5. The van der Waals surface area contributed by atoms with Gasteiger partial charge in [0.15, 0.2) is 6.61 Å². The number of carbonyl (C=O) groups is 2. The van der Waals surface area contributed by atoms with Crippen molar-refractivity contribution < 1.29 is 23.7 Å². The second-order valence-corrected chi connectivity index (χ2v) is 5.21. The maximum absolute atomic E-state index is 11.9. The molecule has 0 aliphatic rings. The van der Waals surface area contributed by atoms with Crippen molar-refractivity contribution in [1.29, 1.82) is 0 Å². The lowest BCUT2D eigenvalue weighted by atomic mass is 10.2. The Balaban J connectivity index is 1.91. The first-order chi connectivity index (χ1) is 11.4. The average molecular weight is 353 g/mol. The summed E-state index contributed by atoms with van der Waals surface area (Å²) in [5.41, 5.74) is -0.310. The molecule has 126 valence electrons. The van der Waals surface area contributed by atoms with Gasteiger partial charge in [-0.3, -0.25) is 14.9 Å². The van der Waals surface area contributed by atoms with Crippen LogP contribution in [-0.4, -0.2) is 23.4 Å². The van der Waals surface area contributed by atoms with Gasteiger partial charge in [0.25, 0.3) is 11.6 Å². The first-order valence-electron chi connectivity index (χ1n) is 6.82. The molecule has 1 aromatic heterocycles. The Hall–Kier alpha value is -2.87. The van der Waals surface area contributed by atoms with Crippen molar-refractivity contribution in [2.75, 3.05) is 6.61 Å². The van der Waals surface area contributed by atoms with Crippen LogP contribution in [0.15, 0.2) is 41.0 Å². The molecule has 2 aromatic rings. The van der Waals surface area contributed by atoms with E-state index in [2.05, 4.69) is 5.32 Å². The lowest BCUT2D eigenvalue weighted by Crippen LogP contribution is -2.31. The van der Waals surface area contributed by atoms with Gasteiger partial charge in [0, 0.05) is 12.1 Å². The molecule has 8 nitrogen and oxygen atoms in total. The van der Waals surface area contributed by atoms with E-state index >= 15 is 0 Å². The van der Waals surface area contributed by atoms with E-state index in [9.17, 15) is 19.7 Å². The number of nitro groups is 1. The molecule has 24 heavy (non-hydrogen) atoms. The Morgan fingerprint density at radius 1 is 1.42 bits per heavy atom. The number of carbonyl (C=O) groups excluding carboxylic acids is 2. The number of halogens is 1. The normalized spacial score (nSPS) is 11.6. The van der Waals surface area contributed by atoms with Crippen LogP contribution in [0.2, 0.25) is 5.02 Å². The van der Waals surface area contributed by atoms with Crippen molar-refractivity contribution in [3.05, 3.63) is 63.1 Å². The Labute approximate surface area is 141 Å². The number of hydrogen-bond acceptors (Lipinski definition) is 6. The van der Waals surface area contributed by atoms with Crippen LogP contribution in [0.25, 0.3) is 0 Å². The molecule has 2 rings (SSSR count). The Morgan fingerprint density at radius 3 is 2.75 bits per heavy atom. The fraction of sp³-hybridized carbons (Fsp3) is 0.200. The quantitative estimate of drug-likeness (QED) is 0.486. The van der Waals surface area contributed by atoms with Crippen molar-refractivity contribution in [3.63, 3.8) is 0 Å². The largest absolute Gasteiger partial charge is 0.467 e. The van der Waals surface area contributed by atoms with Crippen molar-refractivity contribution in [2.45, 2.75) is 13.0 Å². The number of nitrogens with zero attached hydrogens (tertiary/aromatic N) is 1. The predicted octanol–water partition coefficient (Wildman–Crippen LogP) is 2.88. The summed E-state index contributed by atoms with van der Waals surface area (Å²) in [6.45, 7) is 1.20. The maximum atomic E-state index is 11.9. The summed E-state index contributed by atoms with van der Waals surface area (Å²) in [6.07, 6.45) is 1.48. The van der Waals surface area contributed by atoms with Crippen LogP contribution < -0.4 is 5.32 Å². The molecule has 0 aliphatic heterocycles. The van der Waals surface area contributed by atoms with Crippen molar-refractivity contribution in [1.82, 2.24) is 5.32 Å². The topological polar surface area (TPSA) is 112 Å². The molecule has 1 aromatic carbocycles. The molecule has 0 radical (unpaired) electrons. The van der Waals surface area contributed by atoms with Crippen LogP contribution in [-0.2, 0) is 9.53 Å². The third-order valence-corrected chi connectivity index (χ3v) is 3.38. The average Bonchev–Trinajstić information content (AvgIpc) is 3.07. The number of ether oxygens (including phenoxy) is 1. The molecule has 9 heteroatoms. The van der Waals surface area contributed by atoms with Gasteiger partial charge in [-0.2, -0.15) is 0 Å². The third kappa shape index (κ3) is 4.32. The molecular formula is C15H13ClN2O6. The summed E-state index contributed by atoms with van der Waals surface area (Å²) in [5, 5.41) is 13.1. The fourth-order valence-corrected chi connectivity index (χ4v) is 2.14. The highest BCUT2D eigenvalue weighted by Gasteiger charge is 2.18. The number of furan rings is 1. The number of non-ortho nitro benzene ring substituents is 1. The number of amides is 1. The first kappa shape index (κ1) is 17.5. The maximum Gasteiger partial charge on any atom is 0.340 e. The van der Waals surface area contributed by atoms with Gasteiger partial charge in [0.1, 0.15) is 5.76 Å². The van der Waals surface area contributed by atoms with Gasteiger partial charge in [0.05, 0.1) is 27.8 Å². The molecule has 0 spiro atoms. The van der Waals surface area contributed by atoms with Crippen LogP contribution >= 0.6 is 11.6 Å². The highest BCUT2D eigenvalue weighted by Crippen LogP contribution is 2.23. The van der Waals surface area contributed by atoms with Crippen LogP contribution in [0.5, 0.6) is 0 Å². The summed E-state index contributed by atoms with van der Waals surface area (Å²) >= 11 is 5.82. The van der Waals surface area contributed by atoms with E-state index in [1.165, 1.54) is 12.3 Å². The van der Waals surface area contributed by atoms with E-state index in [0.29, 0.717) is 5.76 Å². The van der Waals surface area contributed by atoms with E-state index in [0.717, 1.165) is 12.1 Å². The Bertz CT molecular complexity index is 759. The van der Waals surface area contributed by atoms with E-state index in [4.69, 9.17) is 20.8 Å². The molecule has 0 aliphatic carbocycles. The number of nitrogens with one attached hydrogen (secondary N) is 1. The van der Waals surface area contributed by atoms with E-state index in [1.807, 2.05) is 0 Å². The lowest BCUT2D eigenvalue weighted by molar-refractivity contribution is -0.384. The van der Waals surface area contributed by atoms with Crippen LogP contribution in [0.4, 0.5) is 5.69 Å². The molecule has 0 saturated heterocycles. The third-order valence-electron chi connectivity index (χ3n) is 3.07. The van der Waals surface area contributed by atoms with Gasteiger partial charge in [-0.1, -0.05) is 11.6 Å². The number of esters is 1. The lowest BCUT2D eigenvalue weighted by Gasteiger charge is -2.11. The van der Waals surface area contributed by atoms with Gasteiger partial charge in [-0.15, -0.1) is 0 Å². The van der Waals surface area contributed by atoms with Gasteiger partial charge < -0.3 is 14.5 Å². The first-order valence-corrected chi connectivity index (χ1v) is 7.20. The molecule has 1 N–H and O–H groups in total. The standard InChI is InChI=1S/C15H13ClN2O6/c1-9(13-3-2-6-23-13)17-14(19)8-24-15(20)11-5-4-10(18(21)22)7-12(11)16/h2-7,9H,8H2,1H3,(H,17,19)/t9-/m0/s1. The fourth-order valence-electron chi connectivity index (χ4n) is 1.88. The van der Waals surface area contributed by atoms with Crippen molar-refractivity contribution in [2.24, 2.45) is 0 Å².